The van der Waals surface area contributed by atoms with Crippen LogP contribution in [0.15, 0.2) is 40.2 Å². The zero-order chi connectivity index (χ0) is 35.6. The van der Waals surface area contributed by atoms with Gasteiger partial charge in [-0.25, -0.2) is 17.6 Å². The van der Waals surface area contributed by atoms with Gasteiger partial charge in [-0.2, -0.15) is 9.61 Å². The Kier molecular flexibility index (Phi) is 8.50. The summed E-state index contributed by atoms with van der Waals surface area (Å²) in [5.41, 5.74) is -0.493. The van der Waals surface area contributed by atoms with Crippen molar-refractivity contribution in [3.8, 4) is 22.0 Å². The second kappa shape index (κ2) is 13.0. The first-order valence-corrected chi connectivity index (χ1v) is 17.6. The minimum absolute atomic E-state index is 0.0180. The van der Waals surface area contributed by atoms with Crippen LogP contribution in [0.1, 0.15) is 6.92 Å². The first-order chi connectivity index (χ1) is 24.7. The number of piperazine rings is 2. The van der Waals surface area contributed by atoms with Gasteiger partial charge in [0, 0.05) is 76.7 Å². The molecule has 12 nitrogen and oxygen atoms in total. The van der Waals surface area contributed by atoms with Crippen LogP contribution in [0.4, 0.5) is 28.9 Å². The van der Waals surface area contributed by atoms with E-state index in [1.807, 2.05) is 28.3 Å². The third-order valence-corrected chi connectivity index (χ3v) is 10.7. The monoisotopic (exact) mass is 722 g/mol. The maximum atomic E-state index is 16.1. The number of rotatable bonds is 7. The maximum absolute atomic E-state index is 16.1. The number of halogens is 4. The number of hydrogen-bond donors (Lipinski definition) is 1. The Morgan fingerprint density at radius 3 is 2.27 bits per heavy atom. The number of hydrogen-bond acceptors (Lipinski definition) is 10. The quantitative estimate of drug-likeness (QED) is 0.247. The van der Waals surface area contributed by atoms with E-state index < -0.39 is 35.0 Å². The maximum Gasteiger partial charge on any atom is 0.235 e. The van der Waals surface area contributed by atoms with Gasteiger partial charge in [0.15, 0.2) is 22.1 Å². The van der Waals surface area contributed by atoms with Crippen molar-refractivity contribution in [2.75, 3.05) is 75.9 Å². The zero-order valence-corrected chi connectivity index (χ0v) is 28.7. The molecule has 2 aliphatic heterocycles. The molecule has 0 spiro atoms. The molecular formula is C34H34F4N10O2S. The molecule has 1 N–H and O–H groups in total. The van der Waals surface area contributed by atoms with E-state index in [2.05, 4.69) is 20.6 Å². The Balaban J connectivity index is 1.24. The summed E-state index contributed by atoms with van der Waals surface area (Å²) in [5.74, 6) is -2.24. The van der Waals surface area contributed by atoms with Gasteiger partial charge in [-0.1, -0.05) is 11.3 Å². The average molecular weight is 723 g/mol. The minimum Gasteiger partial charge on any atom is -0.367 e. The van der Waals surface area contributed by atoms with Crippen molar-refractivity contribution in [1.29, 1.82) is 0 Å². The van der Waals surface area contributed by atoms with Crippen molar-refractivity contribution in [1.82, 2.24) is 39.2 Å². The molecule has 2 saturated heterocycles. The van der Waals surface area contributed by atoms with Gasteiger partial charge in [0.05, 0.1) is 39.8 Å². The Morgan fingerprint density at radius 2 is 1.55 bits per heavy atom. The van der Waals surface area contributed by atoms with Gasteiger partial charge in [0.1, 0.15) is 24.0 Å². The number of fused-ring (bicyclic) bond motifs is 3. The van der Waals surface area contributed by atoms with E-state index >= 15 is 13.2 Å². The molecule has 4 aromatic heterocycles. The second-order valence-corrected chi connectivity index (χ2v) is 13.8. The summed E-state index contributed by atoms with van der Waals surface area (Å²) >= 11 is 0.981. The second-order valence-electron chi connectivity index (χ2n) is 12.8. The van der Waals surface area contributed by atoms with Crippen LogP contribution in [0.3, 0.4) is 0 Å². The lowest BCUT2D eigenvalue weighted by Gasteiger charge is -2.34. The Bertz CT molecular complexity index is 2440. The number of likely N-dealkylation sites (N-methyl/N-ethyl adjacent to an activating group) is 1. The molecule has 2 aromatic carbocycles. The molecular weight excluding hydrogens is 689 g/mol. The normalized spacial score (nSPS) is 16.0. The molecule has 0 radical (unpaired) electrons. The molecule has 6 heterocycles. The van der Waals surface area contributed by atoms with Gasteiger partial charge < -0.3 is 29.2 Å². The van der Waals surface area contributed by atoms with E-state index in [9.17, 15) is 14.0 Å². The summed E-state index contributed by atoms with van der Waals surface area (Å²) < 4.78 is 65.5. The first-order valence-electron chi connectivity index (χ1n) is 16.8. The molecule has 0 bridgehead atoms. The van der Waals surface area contributed by atoms with E-state index in [4.69, 9.17) is 0 Å². The molecule has 51 heavy (non-hydrogen) atoms. The van der Waals surface area contributed by atoms with Crippen LogP contribution in [-0.2, 0) is 13.1 Å². The Morgan fingerprint density at radius 1 is 0.843 bits per heavy atom. The summed E-state index contributed by atoms with van der Waals surface area (Å²) in [6.45, 7) is 5.95. The van der Waals surface area contributed by atoms with E-state index in [-0.39, 0.29) is 55.4 Å². The number of nitrogens with one attached hydrogen (secondary N) is 1. The van der Waals surface area contributed by atoms with Crippen LogP contribution in [0.2, 0.25) is 0 Å². The fourth-order valence-corrected chi connectivity index (χ4v) is 7.92. The van der Waals surface area contributed by atoms with E-state index in [1.54, 1.807) is 17.2 Å². The van der Waals surface area contributed by atoms with Gasteiger partial charge in [-0.15, -0.1) is 10.2 Å². The van der Waals surface area contributed by atoms with E-state index in [0.29, 0.717) is 57.0 Å². The first kappa shape index (κ1) is 33.3. The van der Waals surface area contributed by atoms with Crippen LogP contribution in [0.25, 0.3) is 48.7 Å². The van der Waals surface area contributed by atoms with Crippen LogP contribution in [-0.4, -0.2) is 99.9 Å². The van der Waals surface area contributed by atoms with Crippen molar-refractivity contribution in [3.63, 3.8) is 0 Å². The highest BCUT2D eigenvalue weighted by Crippen LogP contribution is 2.34. The molecule has 8 rings (SSSR count). The third-order valence-electron chi connectivity index (χ3n) is 9.78. The van der Waals surface area contributed by atoms with Gasteiger partial charge in [0.25, 0.3) is 0 Å². The van der Waals surface area contributed by atoms with E-state index in [1.165, 1.54) is 21.3 Å². The molecule has 2 fully saturated rings. The third kappa shape index (κ3) is 5.54. The van der Waals surface area contributed by atoms with Gasteiger partial charge >= 0.3 is 0 Å². The summed E-state index contributed by atoms with van der Waals surface area (Å²) in [6.07, 6.45) is 2.95. The van der Waals surface area contributed by atoms with Gasteiger partial charge in [0.2, 0.25) is 10.4 Å². The minimum atomic E-state index is -0.924. The molecule has 17 heteroatoms. The lowest BCUT2D eigenvalue weighted by atomic mass is 10.1. The number of alkyl halides is 1. The molecule has 6 aromatic rings. The van der Waals surface area contributed by atoms with Crippen LogP contribution in [0.5, 0.6) is 0 Å². The molecule has 2 aliphatic rings. The number of benzene rings is 2. The number of aryl methyl sites for hydroxylation is 2. The van der Waals surface area contributed by atoms with E-state index in [0.717, 1.165) is 30.5 Å². The molecule has 0 atom stereocenters. The average Bonchev–Trinajstić information content (AvgIpc) is 3.72. The van der Waals surface area contributed by atoms with Crippen molar-refractivity contribution in [3.05, 3.63) is 68.5 Å². The van der Waals surface area contributed by atoms with Crippen molar-refractivity contribution in [2.24, 2.45) is 0 Å². The fourth-order valence-electron chi connectivity index (χ4n) is 7.08. The standard InChI is InChI=1S/C34H34F4N10O2S/c1-3-44-17-21(30(49)19-14-23(36)26(16-25(19)44)45-8-5-39-6-9-45)32-40-41-34-48(32)42-33(51-34)22-18-47(7-4-35)28-20(31(22)50)15-24(37)29(27(28)38)46-12-10-43(2)11-13-46/h14-18,39H,3-13H2,1-2H3. The number of aromatic nitrogens is 6. The summed E-state index contributed by atoms with van der Waals surface area (Å²) in [5, 5.41) is 16.3. The largest absolute Gasteiger partial charge is 0.367 e. The Hall–Kier alpha value is -4.87. The van der Waals surface area contributed by atoms with Crippen LogP contribution in [0, 0.1) is 17.5 Å². The zero-order valence-electron chi connectivity index (χ0n) is 27.9. The number of anilines is 2. The Labute approximate surface area is 292 Å². The molecule has 0 saturated carbocycles. The smallest absolute Gasteiger partial charge is 0.235 e. The fraction of sp³-hybridized carbons (Fsp3) is 0.382. The van der Waals surface area contributed by atoms with Crippen LogP contribution >= 0.6 is 11.3 Å². The SMILES string of the molecule is CCn1cc(-c2nnc3sc(-c4cn(CCF)c5c(F)c(N6CCN(C)CC6)c(F)cc5c4=O)nn23)c(=O)c2cc(F)c(N3CCNCC3)cc21. The molecule has 0 unspecified atom stereocenters. The summed E-state index contributed by atoms with van der Waals surface area (Å²) in [6, 6.07) is 3.96. The molecule has 266 valence electrons. The van der Waals surface area contributed by atoms with Crippen molar-refractivity contribution >= 4 is 49.5 Å². The summed E-state index contributed by atoms with van der Waals surface area (Å²) in [4.78, 5) is 33.7. The van der Waals surface area contributed by atoms with Gasteiger partial charge in [-0.05, 0) is 32.2 Å². The molecule has 0 amide bonds. The van der Waals surface area contributed by atoms with Crippen molar-refractivity contribution < 1.29 is 17.6 Å². The van der Waals surface area contributed by atoms with Gasteiger partial charge in [-0.3, -0.25) is 9.59 Å². The molecule has 0 aliphatic carbocycles. The highest BCUT2D eigenvalue weighted by atomic mass is 32.1. The highest BCUT2D eigenvalue weighted by molar-refractivity contribution is 7.19. The lowest BCUT2D eigenvalue weighted by Crippen LogP contribution is -2.45. The number of nitrogens with zero attached hydrogens (tertiary/aromatic N) is 9. The highest BCUT2D eigenvalue weighted by Gasteiger charge is 2.28. The predicted octanol–water partition coefficient (Wildman–Crippen LogP) is 3.72. The summed E-state index contributed by atoms with van der Waals surface area (Å²) in [7, 11) is 1.92. The lowest BCUT2D eigenvalue weighted by molar-refractivity contribution is 0.310. The predicted molar refractivity (Wildman–Crippen MR) is 189 cm³/mol. The number of pyridine rings is 2. The topological polar surface area (TPSA) is 109 Å². The van der Waals surface area contributed by atoms with Crippen molar-refractivity contribution in [2.45, 2.75) is 20.0 Å². The van der Waals surface area contributed by atoms with Crippen LogP contribution < -0.4 is 26.0 Å².